The molecular weight excluding hydrogens is 262 g/mol. The van der Waals surface area contributed by atoms with E-state index in [4.69, 9.17) is 5.26 Å². The summed E-state index contributed by atoms with van der Waals surface area (Å²) in [5, 5.41) is 12.5. The molecule has 1 fully saturated rings. The third-order valence-electron chi connectivity index (χ3n) is 3.00. The van der Waals surface area contributed by atoms with Gasteiger partial charge in [0.25, 0.3) is 5.56 Å². The van der Waals surface area contributed by atoms with Gasteiger partial charge in [0.1, 0.15) is 16.9 Å². The van der Waals surface area contributed by atoms with Gasteiger partial charge in [0.05, 0.1) is 17.6 Å². The lowest BCUT2D eigenvalue weighted by Gasteiger charge is -2.07. The second-order valence-electron chi connectivity index (χ2n) is 4.48. The molecule has 0 atom stereocenters. The second kappa shape index (κ2) is 4.48. The van der Waals surface area contributed by atoms with Gasteiger partial charge in [-0.2, -0.15) is 5.26 Å². The van der Waals surface area contributed by atoms with Crippen LogP contribution in [0.5, 0.6) is 0 Å². The lowest BCUT2D eigenvalue weighted by Crippen LogP contribution is -2.04. The predicted octanol–water partition coefficient (Wildman–Crippen LogP) is 2.03. The number of hydrogen-bond donors (Lipinski definition) is 2. The summed E-state index contributed by atoms with van der Waals surface area (Å²) < 4.78 is 2.53. The Hall–Kier alpha value is -2.20. The number of aromatic nitrogens is 3. The number of nitrogens with one attached hydrogen (secondary N) is 2. The fraction of sp³-hybridized carbons (Fsp3) is 0.333. The molecule has 1 aliphatic carbocycles. The first-order valence-electron chi connectivity index (χ1n) is 5.91. The van der Waals surface area contributed by atoms with Crippen molar-refractivity contribution < 1.29 is 0 Å². The van der Waals surface area contributed by atoms with Gasteiger partial charge < -0.3 is 5.32 Å². The quantitative estimate of drug-likeness (QED) is 0.892. The summed E-state index contributed by atoms with van der Waals surface area (Å²) in [6.07, 6.45) is 4.02. The highest BCUT2D eigenvalue weighted by atomic mass is 32.1. The van der Waals surface area contributed by atoms with Crippen molar-refractivity contribution in [1.29, 1.82) is 5.26 Å². The van der Waals surface area contributed by atoms with Gasteiger partial charge in [-0.15, -0.1) is 0 Å². The Balaban J connectivity index is 1.91. The van der Waals surface area contributed by atoms with Crippen LogP contribution in [0.2, 0.25) is 0 Å². The average molecular weight is 273 g/mol. The summed E-state index contributed by atoms with van der Waals surface area (Å²) >= 11 is 1.10. The molecule has 0 unspecified atom stereocenters. The molecule has 2 N–H and O–H groups in total. The van der Waals surface area contributed by atoms with Gasteiger partial charge in [-0.1, -0.05) is 0 Å². The van der Waals surface area contributed by atoms with Crippen molar-refractivity contribution in [2.45, 2.75) is 25.7 Å². The summed E-state index contributed by atoms with van der Waals surface area (Å²) in [7, 11) is 0. The van der Waals surface area contributed by atoms with Crippen LogP contribution in [0, 0.1) is 18.3 Å². The molecule has 0 radical (unpaired) electrons. The van der Waals surface area contributed by atoms with E-state index in [1.54, 1.807) is 6.20 Å². The molecule has 0 amide bonds. The molecule has 7 heteroatoms. The van der Waals surface area contributed by atoms with Crippen molar-refractivity contribution >= 4 is 22.2 Å². The topological polar surface area (TPSA) is 94.5 Å². The number of aryl methyl sites for hydroxylation is 1. The van der Waals surface area contributed by atoms with Gasteiger partial charge in [0.15, 0.2) is 5.56 Å². The van der Waals surface area contributed by atoms with Crippen LogP contribution >= 0.6 is 11.5 Å². The van der Waals surface area contributed by atoms with E-state index in [0.29, 0.717) is 10.9 Å². The van der Waals surface area contributed by atoms with E-state index in [0.717, 1.165) is 41.6 Å². The highest BCUT2D eigenvalue weighted by Crippen LogP contribution is 2.38. The smallest absolute Gasteiger partial charge is 0.278 e. The van der Waals surface area contributed by atoms with Crippen molar-refractivity contribution in [3.05, 3.63) is 33.6 Å². The van der Waals surface area contributed by atoms with E-state index in [2.05, 4.69) is 19.7 Å². The first-order chi connectivity index (χ1) is 9.19. The normalized spacial score (nSPS) is 14.1. The number of nitriles is 1. The summed E-state index contributed by atoms with van der Waals surface area (Å²) in [5.74, 6) is 1.39. The Morgan fingerprint density at radius 1 is 1.58 bits per heavy atom. The summed E-state index contributed by atoms with van der Waals surface area (Å²) in [4.78, 5) is 20.1. The minimum absolute atomic E-state index is 0.0932. The third kappa shape index (κ3) is 2.22. The number of nitrogens with zero attached hydrogens (tertiary/aromatic N) is 3. The van der Waals surface area contributed by atoms with Gasteiger partial charge in [0, 0.05) is 5.92 Å². The van der Waals surface area contributed by atoms with Crippen LogP contribution in [-0.4, -0.2) is 14.3 Å². The van der Waals surface area contributed by atoms with Crippen molar-refractivity contribution in [3.8, 4) is 6.07 Å². The SMILES string of the molecule is Cc1nc(C2CC2)ncc1Nc1s[nH]c(=O)c1C#N. The Morgan fingerprint density at radius 3 is 3.00 bits per heavy atom. The highest BCUT2D eigenvalue weighted by molar-refractivity contribution is 7.10. The van der Waals surface area contributed by atoms with Crippen LogP contribution in [0.25, 0.3) is 0 Å². The molecule has 1 aliphatic rings. The molecule has 6 nitrogen and oxygen atoms in total. The zero-order valence-corrected chi connectivity index (χ0v) is 11.0. The number of aromatic amines is 1. The van der Waals surface area contributed by atoms with Crippen molar-refractivity contribution in [2.24, 2.45) is 0 Å². The minimum atomic E-state index is -0.372. The van der Waals surface area contributed by atoms with E-state index in [-0.39, 0.29) is 11.1 Å². The number of rotatable bonds is 3. The first-order valence-corrected chi connectivity index (χ1v) is 6.73. The van der Waals surface area contributed by atoms with Crippen LogP contribution in [0.3, 0.4) is 0 Å². The van der Waals surface area contributed by atoms with Gasteiger partial charge in [-0.05, 0) is 31.3 Å². The lowest BCUT2D eigenvalue weighted by molar-refractivity contribution is 0.908. The van der Waals surface area contributed by atoms with E-state index in [1.807, 2.05) is 13.0 Å². The molecule has 2 aromatic heterocycles. The highest BCUT2D eigenvalue weighted by Gasteiger charge is 2.26. The molecule has 2 aromatic rings. The molecule has 0 aromatic carbocycles. The first kappa shape index (κ1) is 11.9. The fourth-order valence-corrected chi connectivity index (χ4v) is 2.46. The van der Waals surface area contributed by atoms with Crippen LogP contribution in [0.15, 0.2) is 11.0 Å². The van der Waals surface area contributed by atoms with Crippen molar-refractivity contribution in [1.82, 2.24) is 14.3 Å². The Bertz CT molecular complexity index is 722. The number of anilines is 2. The van der Waals surface area contributed by atoms with Crippen LogP contribution in [0.4, 0.5) is 10.7 Å². The maximum absolute atomic E-state index is 11.4. The molecule has 2 heterocycles. The zero-order valence-electron chi connectivity index (χ0n) is 10.2. The Kier molecular flexibility index (Phi) is 2.80. The van der Waals surface area contributed by atoms with E-state index < -0.39 is 0 Å². The summed E-state index contributed by atoms with van der Waals surface area (Å²) in [6.45, 7) is 1.89. The van der Waals surface area contributed by atoms with Gasteiger partial charge in [-0.25, -0.2) is 9.97 Å². The number of H-pyrrole nitrogens is 1. The van der Waals surface area contributed by atoms with Gasteiger partial charge in [-0.3, -0.25) is 9.17 Å². The molecule has 0 spiro atoms. The average Bonchev–Trinajstić information content (AvgIpc) is 3.18. The molecule has 0 saturated heterocycles. The van der Waals surface area contributed by atoms with E-state index in [9.17, 15) is 4.79 Å². The molecule has 0 aliphatic heterocycles. The van der Waals surface area contributed by atoms with Gasteiger partial charge in [0.2, 0.25) is 0 Å². The largest absolute Gasteiger partial charge is 0.342 e. The molecule has 0 bridgehead atoms. The monoisotopic (exact) mass is 273 g/mol. The molecule has 1 saturated carbocycles. The lowest BCUT2D eigenvalue weighted by atomic mass is 10.3. The molecule has 96 valence electrons. The van der Waals surface area contributed by atoms with Crippen LogP contribution < -0.4 is 10.9 Å². The number of hydrogen-bond acceptors (Lipinski definition) is 6. The molecule has 3 rings (SSSR count). The maximum Gasteiger partial charge on any atom is 0.278 e. The minimum Gasteiger partial charge on any atom is -0.342 e. The van der Waals surface area contributed by atoms with Gasteiger partial charge >= 0.3 is 0 Å². The second-order valence-corrected chi connectivity index (χ2v) is 5.29. The van der Waals surface area contributed by atoms with Crippen LogP contribution in [0.1, 0.15) is 35.8 Å². The Morgan fingerprint density at radius 2 is 2.37 bits per heavy atom. The zero-order chi connectivity index (χ0) is 13.4. The predicted molar refractivity (Wildman–Crippen MR) is 71.7 cm³/mol. The van der Waals surface area contributed by atoms with Crippen molar-refractivity contribution in [2.75, 3.05) is 5.32 Å². The van der Waals surface area contributed by atoms with E-state index >= 15 is 0 Å². The maximum atomic E-state index is 11.4. The summed E-state index contributed by atoms with van der Waals surface area (Å²) in [5.41, 5.74) is 1.26. The molecular formula is C12H11N5OS. The van der Waals surface area contributed by atoms with Crippen LogP contribution in [-0.2, 0) is 0 Å². The Labute approximate surface area is 113 Å². The fourth-order valence-electron chi connectivity index (χ4n) is 1.76. The van der Waals surface area contributed by atoms with E-state index in [1.165, 1.54) is 0 Å². The third-order valence-corrected chi connectivity index (χ3v) is 3.80. The molecule has 19 heavy (non-hydrogen) atoms. The standard InChI is InChI=1S/C12H11N5OS/c1-6-9(5-14-10(15-6)7-2-3-7)16-12-8(4-13)11(18)17-19-12/h5,7,16H,2-3H2,1H3,(H,17,18). The van der Waals surface area contributed by atoms with Crippen molar-refractivity contribution in [3.63, 3.8) is 0 Å². The summed E-state index contributed by atoms with van der Waals surface area (Å²) in [6, 6.07) is 1.89.